The molecule has 0 fully saturated rings. The van der Waals surface area contributed by atoms with Crippen LogP contribution in [0.15, 0.2) is 56.9 Å². The molecule has 0 spiro atoms. The van der Waals surface area contributed by atoms with E-state index in [9.17, 15) is 18.5 Å². The Kier molecular flexibility index (Phi) is 5.67. The second-order valence-corrected chi connectivity index (χ2v) is 10.3. The quantitative estimate of drug-likeness (QED) is 0.572. The third-order valence-corrected chi connectivity index (χ3v) is 6.91. The summed E-state index contributed by atoms with van der Waals surface area (Å²) in [5.41, 5.74) is 4.40. The van der Waals surface area contributed by atoms with Gasteiger partial charge in [-0.05, 0) is 43.7 Å². The Bertz CT molecular complexity index is 1490. The maximum Gasteiger partial charge on any atom is 0.275 e. The van der Waals surface area contributed by atoms with E-state index in [0.717, 1.165) is 17.0 Å². The lowest BCUT2D eigenvalue weighted by atomic mass is 9.96. The molecule has 0 radical (unpaired) electrons. The Labute approximate surface area is 199 Å². The van der Waals surface area contributed by atoms with Crippen LogP contribution in [0.25, 0.3) is 11.4 Å². The van der Waals surface area contributed by atoms with Gasteiger partial charge in [-0.2, -0.15) is 10.2 Å². The number of amides is 1. The number of carbonyl (C=O) groups is 1. The minimum atomic E-state index is -4.25. The van der Waals surface area contributed by atoms with Gasteiger partial charge in [0.05, 0.1) is 34.2 Å². The third kappa shape index (κ3) is 4.13. The highest BCUT2D eigenvalue weighted by Crippen LogP contribution is 2.37. The highest BCUT2D eigenvalue weighted by Gasteiger charge is 2.34. The Hall–Kier alpha value is -3.75. The molecule has 1 amide bonds. The van der Waals surface area contributed by atoms with E-state index in [1.54, 1.807) is 38.1 Å². The van der Waals surface area contributed by atoms with E-state index < -0.39 is 37.6 Å². The predicted molar refractivity (Wildman–Crippen MR) is 120 cm³/mol. The van der Waals surface area contributed by atoms with Gasteiger partial charge in [-0.15, -0.1) is 0 Å². The number of hydrogen-bond donors (Lipinski definition) is 1. The van der Waals surface area contributed by atoms with Gasteiger partial charge in [0.1, 0.15) is 16.9 Å². The first-order chi connectivity index (χ1) is 15.9. The molecule has 3 aromatic rings. The lowest BCUT2D eigenvalue weighted by molar-refractivity contribution is -0.115. The molecule has 174 valence electrons. The second-order valence-electron chi connectivity index (χ2n) is 8.10. The molecular formula is C22H17ClFN5O4S. The summed E-state index contributed by atoms with van der Waals surface area (Å²) in [5, 5.41) is 14.1. The van der Waals surface area contributed by atoms with Crippen molar-refractivity contribution in [3.05, 3.63) is 69.8 Å². The number of sulfone groups is 1. The van der Waals surface area contributed by atoms with Crippen LogP contribution < -0.4 is 10.6 Å². The van der Waals surface area contributed by atoms with Crippen molar-refractivity contribution in [1.82, 2.24) is 10.1 Å². The van der Waals surface area contributed by atoms with Crippen LogP contribution in [-0.2, 0) is 26.6 Å². The van der Waals surface area contributed by atoms with Crippen molar-refractivity contribution in [2.45, 2.75) is 30.7 Å². The van der Waals surface area contributed by atoms with Crippen LogP contribution in [0, 0.1) is 17.1 Å². The first-order valence-corrected chi connectivity index (χ1v) is 11.7. The van der Waals surface area contributed by atoms with E-state index in [4.69, 9.17) is 21.9 Å². The van der Waals surface area contributed by atoms with Gasteiger partial charge in [0.25, 0.3) is 5.91 Å². The lowest BCUT2D eigenvalue weighted by Gasteiger charge is -2.24. The summed E-state index contributed by atoms with van der Waals surface area (Å²) in [6, 6.07) is 10.5. The molecule has 2 heterocycles. The maximum atomic E-state index is 15.1. The zero-order chi connectivity index (χ0) is 24.8. The van der Waals surface area contributed by atoms with Crippen LogP contribution >= 0.6 is 11.6 Å². The summed E-state index contributed by atoms with van der Waals surface area (Å²) < 4.78 is 45.9. The molecule has 0 unspecified atom stereocenters. The SMILES string of the molecule is CC(C)(C#N)c1nc(-c2cc3c(cc2F)S(=O)(=O)C=C(N)C(=O)N3Cc2ccc(Cl)cc2)no1. The molecule has 1 aliphatic rings. The molecule has 1 aliphatic heterocycles. The Morgan fingerprint density at radius 1 is 1.26 bits per heavy atom. The first-order valence-electron chi connectivity index (χ1n) is 9.81. The minimum absolute atomic E-state index is 0.0491. The summed E-state index contributed by atoms with van der Waals surface area (Å²) in [7, 11) is -4.25. The molecule has 1 aromatic heterocycles. The second kappa shape index (κ2) is 8.23. The molecule has 2 N–H and O–H groups in total. The number of anilines is 1. The van der Waals surface area contributed by atoms with Gasteiger partial charge in [0.2, 0.25) is 21.6 Å². The van der Waals surface area contributed by atoms with Crippen LogP contribution in [0.1, 0.15) is 25.3 Å². The van der Waals surface area contributed by atoms with Crippen molar-refractivity contribution in [1.29, 1.82) is 5.26 Å². The number of benzene rings is 2. The first kappa shape index (κ1) is 23.4. The van der Waals surface area contributed by atoms with E-state index in [2.05, 4.69) is 10.1 Å². The average Bonchev–Trinajstić information content (AvgIpc) is 3.27. The molecule has 4 rings (SSSR count). The van der Waals surface area contributed by atoms with Gasteiger partial charge in [0, 0.05) is 5.02 Å². The molecule has 12 heteroatoms. The zero-order valence-corrected chi connectivity index (χ0v) is 19.5. The normalized spacial score (nSPS) is 15.3. The molecule has 0 atom stereocenters. The van der Waals surface area contributed by atoms with Gasteiger partial charge in [-0.3, -0.25) is 4.79 Å². The number of halogens is 2. The molecule has 34 heavy (non-hydrogen) atoms. The summed E-state index contributed by atoms with van der Waals surface area (Å²) in [6.45, 7) is 3.02. The Morgan fingerprint density at radius 3 is 2.59 bits per heavy atom. The van der Waals surface area contributed by atoms with Crippen molar-refractivity contribution < 1.29 is 22.1 Å². The minimum Gasteiger partial charge on any atom is -0.394 e. The average molecular weight is 502 g/mol. The number of rotatable bonds is 4. The van der Waals surface area contributed by atoms with Gasteiger partial charge < -0.3 is 15.2 Å². The fourth-order valence-electron chi connectivity index (χ4n) is 3.26. The summed E-state index contributed by atoms with van der Waals surface area (Å²) in [4.78, 5) is 17.8. The van der Waals surface area contributed by atoms with Crippen molar-refractivity contribution in [2.75, 3.05) is 4.90 Å². The van der Waals surface area contributed by atoms with Crippen LogP contribution in [0.2, 0.25) is 5.02 Å². The maximum absolute atomic E-state index is 15.1. The number of nitrogens with zero attached hydrogens (tertiary/aromatic N) is 4. The highest BCUT2D eigenvalue weighted by atomic mass is 35.5. The number of carbonyl (C=O) groups excluding carboxylic acids is 1. The van der Waals surface area contributed by atoms with E-state index in [-0.39, 0.29) is 29.5 Å². The summed E-state index contributed by atoms with van der Waals surface area (Å²) in [5.74, 6) is -2.00. The number of nitrogens with two attached hydrogens (primary N) is 1. The van der Waals surface area contributed by atoms with E-state index in [0.29, 0.717) is 16.0 Å². The number of aromatic nitrogens is 2. The molecule has 0 saturated carbocycles. The van der Waals surface area contributed by atoms with Gasteiger partial charge in [0.15, 0.2) is 0 Å². The van der Waals surface area contributed by atoms with E-state index >= 15 is 4.39 Å². The smallest absolute Gasteiger partial charge is 0.275 e. The highest BCUT2D eigenvalue weighted by molar-refractivity contribution is 7.94. The number of fused-ring (bicyclic) bond motifs is 1. The van der Waals surface area contributed by atoms with Gasteiger partial charge >= 0.3 is 0 Å². The standard InChI is InChI=1S/C22H17ClFN5O4S/c1-22(2,11-25)21-27-19(28-33-21)14-7-17-18(8-15(14)24)34(31,32)10-16(26)20(30)29(17)9-12-3-5-13(23)6-4-12/h3-8,10H,9,26H2,1-2H3. The zero-order valence-electron chi connectivity index (χ0n) is 17.9. The van der Waals surface area contributed by atoms with E-state index in [1.807, 2.05) is 6.07 Å². The molecule has 0 aliphatic carbocycles. The largest absolute Gasteiger partial charge is 0.394 e. The van der Waals surface area contributed by atoms with Crippen molar-refractivity contribution in [3.63, 3.8) is 0 Å². The van der Waals surface area contributed by atoms with E-state index in [1.165, 1.54) is 0 Å². The molecule has 9 nitrogen and oxygen atoms in total. The summed E-state index contributed by atoms with van der Waals surface area (Å²) >= 11 is 5.93. The van der Waals surface area contributed by atoms with Crippen LogP contribution in [0.5, 0.6) is 0 Å². The third-order valence-electron chi connectivity index (χ3n) is 5.16. The van der Waals surface area contributed by atoms with Gasteiger partial charge in [-0.25, -0.2) is 12.8 Å². The van der Waals surface area contributed by atoms with Crippen molar-refractivity contribution in [2.24, 2.45) is 5.73 Å². The Balaban J connectivity index is 1.90. The predicted octanol–water partition coefficient (Wildman–Crippen LogP) is 3.45. The monoisotopic (exact) mass is 501 g/mol. The molecular weight excluding hydrogens is 485 g/mol. The fraction of sp³-hybridized carbons (Fsp3) is 0.182. The molecule has 0 saturated heterocycles. The molecule has 2 aromatic carbocycles. The van der Waals surface area contributed by atoms with Crippen molar-refractivity contribution in [3.8, 4) is 17.5 Å². The van der Waals surface area contributed by atoms with Crippen LogP contribution in [0.3, 0.4) is 0 Å². The van der Waals surface area contributed by atoms with Crippen LogP contribution in [0.4, 0.5) is 10.1 Å². The fourth-order valence-corrected chi connectivity index (χ4v) is 4.68. The summed E-state index contributed by atoms with van der Waals surface area (Å²) in [6.07, 6.45) is 0. The number of hydrogen-bond acceptors (Lipinski definition) is 8. The van der Waals surface area contributed by atoms with Crippen molar-refractivity contribution >= 4 is 33.0 Å². The number of nitriles is 1. The topological polar surface area (TPSA) is 143 Å². The van der Waals surface area contributed by atoms with Crippen LogP contribution in [-0.4, -0.2) is 24.5 Å². The lowest BCUT2D eigenvalue weighted by Crippen LogP contribution is -2.33. The van der Waals surface area contributed by atoms with Gasteiger partial charge in [-0.1, -0.05) is 28.9 Å². The molecule has 0 bridgehead atoms. The Morgan fingerprint density at radius 2 is 1.94 bits per heavy atom.